The van der Waals surface area contributed by atoms with Crippen molar-refractivity contribution in [3.8, 4) is 0 Å². The highest BCUT2D eigenvalue weighted by molar-refractivity contribution is 7.89. The molecule has 10 heteroatoms. The van der Waals surface area contributed by atoms with Crippen LogP contribution in [0.5, 0.6) is 0 Å². The van der Waals surface area contributed by atoms with Gasteiger partial charge < -0.3 is 14.6 Å². The third-order valence-electron chi connectivity index (χ3n) is 6.20. The number of rotatable bonds is 5. The van der Waals surface area contributed by atoms with Crippen LogP contribution in [0.25, 0.3) is 0 Å². The van der Waals surface area contributed by atoms with Crippen LogP contribution in [0.15, 0.2) is 17.2 Å². The number of methoxy groups -OCH3 is 1. The average molecular weight is 480 g/mol. The molecule has 3 heterocycles. The fourth-order valence-electron chi connectivity index (χ4n) is 4.47. The highest BCUT2D eigenvalue weighted by Gasteiger charge is 2.30. The Morgan fingerprint density at radius 1 is 1.06 bits per heavy atom. The Labute approximate surface area is 192 Å². The number of fused-ring (bicyclic) bond motifs is 1. The summed E-state index contributed by atoms with van der Waals surface area (Å²) in [5.41, 5.74) is 1.62. The summed E-state index contributed by atoms with van der Waals surface area (Å²) >= 11 is 1.41. The number of sulfonamides is 1. The standard InChI is InChI=1S/C22H29N3O5S2/c1-24-14-15(32(28,29)25-11-7-4-8-12-25)13-17(24)20(26)23-21-19(22(27)30-2)16-9-5-3-6-10-18(16)31-21/h13-14H,3-12H2,1-2H3,(H,23,26). The monoisotopic (exact) mass is 479 g/mol. The summed E-state index contributed by atoms with van der Waals surface area (Å²) in [4.78, 5) is 26.9. The zero-order valence-corrected chi connectivity index (χ0v) is 20.1. The summed E-state index contributed by atoms with van der Waals surface area (Å²) in [6.45, 7) is 1.00. The SMILES string of the molecule is COC(=O)c1c(NC(=O)c2cc(S(=O)(=O)N3CCCCC3)cn2C)sc2c1CCCCC2. The number of amides is 1. The Bertz CT molecular complexity index is 1130. The quantitative estimate of drug-likeness (QED) is 0.522. The fourth-order valence-corrected chi connectivity index (χ4v) is 7.33. The molecular weight excluding hydrogens is 450 g/mol. The van der Waals surface area contributed by atoms with Crippen LogP contribution < -0.4 is 5.32 Å². The second kappa shape index (κ2) is 9.36. The van der Waals surface area contributed by atoms with E-state index in [1.54, 1.807) is 7.05 Å². The largest absolute Gasteiger partial charge is 0.465 e. The third-order valence-corrected chi connectivity index (χ3v) is 9.27. The van der Waals surface area contributed by atoms with Gasteiger partial charge in [-0.15, -0.1) is 11.3 Å². The molecule has 0 atom stereocenters. The Morgan fingerprint density at radius 3 is 2.47 bits per heavy atom. The lowest BCUT2D eigenvalue weighted by Crippen LogP contribution is -2.35. The number of piperidine rings is 1. The van der Waals surface area contributed by atoms with Gasteiger partial charge >= 0.3 is 5.97 Å². The molecule has 1 saturated heterocycles. The first-order valence-electron chi connectivity index (χ1n) is 11.0. The summed E-state index contributed by atoms with van der Waals surface area (Å²) < 4.78 is 34.0. The molecule has 2 aliphatic rings. The maximum atomic E-state index is 13.1. The van der Waals surface area contributed by atoms with Crippen LogP contribution in [0.1, 0.15) is 69.8 Å². The molecule has 0 spiro atoms. The van der Waals surface area contributed by atoms with Gasteiger partial charge in [-0.1, -0.05) is 12.8 Å². The maximum Gasteiger partial charge on any atom is 0.341 e. The molecule has 1 fully saturated rings. The van der Waals surface area contributed by atoms with Crippen molar-refractivity contribution in [3.63, 3.8) is 0 Å². The number of carbonyl (C=O) groups excluding carboxylic acids is 2. The summed E-state index contributed by atoms with van der Waals surface area (Å²) in [5.74, 6) is -0.908. The molecule has 8 nitrogen and oxygen atoms in total. The zero-order chi connectivity index (χ0) is 22.9. The fraction of sp³-hybridized carbons (Fsp3) is 0.545. The molecule has 4 rings (SSSR count). The molecule has 1 amide bonds. The molecule has 0 aromatic carbocycles. The minimum absolute atomic E-state index is 0.113. The van der Waals surface area contributed by atoms with E-state index in [9.17, 15) is 18.0 Å². The number of aryl methyl sites for hydroxylation is 2. The number of nitrogens with zero attached hydrogens (tertiary/aromatic N) is 2. The molecule has 1 N–H and O–H groups in total. The van der Waals surface area contributed by atoms with E-state index in [-0.39, 0.29) is 10.6 Å². The van der Waals surface area contributed by atoms with Crippen molar-refractivity contribution in [2.45, 2.75) is 56.3 Å². The molecule has 0 saturated carbocycles. The molecule has 1 aliphatic heterocycles. The van der Waals surface area contributed by atoms with Crippen LogP contribution in [0, 0.1) is 0 Å². The molecule has 0 bridgehead atoms. The van der Waals surface area contributed by atoms with Crippen LogP contribution >= 0.6 is 11.3 Å². The highest BCUT2D eigenvalue weighted by atomic mass is 32.2. The van der Waals surface area contributed by atoms with Crippen LogP contribution in [0.2, 0.25) is 0 Å². The molecule has 32 heavy (non-hydrogen) atoms. The number of hydrogen-bond acceptors (Lipinski definition) is 6. The smallest absolute Gasteiger partial charge is 0.341 e. The van der Waals surface area contributed by atoms with E-state index in [1.165, 1.54) is 39.6 Å². The molecule has 174 valence electrons. The van der Waals surface area contributed by atoms with Crippen LogP contribution in [0.3, 0.4) is 0 Å². The van der Waals surface area contributed by atoms with Gasteiger partial charge in [-0.3, -0.25) is 4.79 Å². The van der Waals surface area contributed by atoms with E-state index in [0.29, 0.717) is 23.7 Å². The average Bonchev–Trinajstić information content (AvgIpc) is 3.26. The zero-order valence-electron chi connectivity index (χ0n) is 18.5. The van der Waals surface area contributed by atoms with Gasteiger partial charge in [0, 0.05) is 31.2 Å². The molecular formula is C22H29N3O5S2. The number of esters is 1. The lowest BCUT2D eigenvalue weighted by Gasteiger charge is -2.25. The van der Waals surface area contributed by atoms with E-state index in [1.807, 2.05) is 0 Å². The number of anilines is 1. The summed E-state index contributed by atoms with van der Waals surface area (Å²) in [6.07, 6.45) is 9.02. The van der Waals surface area contributed by atoms with E-state index in [4.69, 9.17) is 4.74 Å². The van der Waals surface area contributed by atoms with Crippen molar-refractivity contribution in [1.82, 2.24) is 8.87 Å². The Morgan fingerprint density at radius 2 is 1.75 bits per heavy atom. The number of carbonyl (C=O) groups is 2. The maximum absolute atomic E-state index is 13.1. The van der Waals surface area contributed by atoms with E-state index in [2.05, 4.69) is 5.32 Å². The molecule has 0 unspecified atom stereocenters. The van der Waals surface area contributed by atoms with Gasteiger partial charge in [0.1, 0.15) is 15.6 Å². The second-order valence-corrected chi connectivity index (χ2v) is 11.4. The predicted molar refractivity (Wildman–Crippen MR) is 123 cm³/mol. The van der Waals surface area contributed by atoms with Gasteiger partial charge in [0.15, 0.2) is 0 Å². The van der Waals surface area contributed by atoms with Gasteiger partial charge in [0.2, 0.25) is 10.0 Å². The normalized spacial score (nSPS) is 17.4. The lowest BCUT2D eigenvalue weighted by molar-refractivity contribution is 0.0601. The molecule has 2 aromatic heterocycles. The van der Waals surface area contributed by atoms with E-state index < -0.39 is 21.9 Å². The predicted octanol–water partition coefficient (Wildman–Crippen LogP) is 3.57. The van der Waals surface area contributed by atoms with Crippen LogP contribution in [0.4, 0.5) is 5.00 Å². The molecule has 2 aromatic rings. The number of ether oxygens (including phenoxy) is 1. The number of hydrogen-bond donors (Lipinski definition) is 1. The van der Waals surface area contributed by atoms with Gasteiger partial charge in [0.25, 0.3) is 5.91 Å². The van der Waals surface area contributed by atoms with Crippen LogP contribution in [-0.2, 0) is 34.6 Å². The Hall–Kier alpha value is -2.17. The minimum atomic E-state index is -3.64. The minimum Gasteiger partial charge on any atom is -0.465 e. The second-order valence-electron chi connectivity index (χ2n) is 8.35. The van der Waals surface area contributed by atoms with Crippen molar-refractivity contribution >= 4 is 38.2 Å². The summed E-state index contributed by atoms with van der Waals surface area (Å²) in [7, 11) is -0.656. The van der Waals surface area contributed by atoms with Crippen LogP contribution in [-0.4, -0.2) is 49.4 Å². The van der Waals surface area contributed by atoms with Gasteiger partial charge in [-0.05, 0) is 50.2 Å². The van der Waals surface area contributed by atoms with E-state index >= 15 is 0 Å². The Kier molecular flexibility index (Phi) is 6.73. The number of aromatic nitrogens is 1. The van der Waals surface area contributed by atoms with Crippen molar-refractivity contribution in [2.75, 3.05) is 25.5 Å². The first kappa shape index (κ1) is 23.0. The highest BCUT2D eigenvalue weighted by Crippen LogP contribution is 2.38. The van der Waals surface area contributed by atoms with Crippen molar-refractivity contribution in [1.29, 1.82) is 0 Å². The first-order chi connectivity index (χ1) is 15.3. The topological polar surface area (TPSA) is 97.7 Å². The molecule has 0 radical (unpaired) electrons. The van der Waals surface area contributed by atoms with Gasteiger partial charge in [-0.25, -0.2) is 13.2 Å². The lowest BCUT2D eigenvalue weighted by atomic mass is 10.1. The van der Waals surface area contributed by atoms with Gasteiger partial charge in [-0.2, -0.15) is 4.31 Å². The number of thiophene rings is 1. The summed E-state index contributed by atoms with van der Waals surface area (Å²) in [5, 5.41) is 3.32. The van der Waals surface area contributed by atoms with Crippen molar-refractivity contribution in [3.05, 3.63) is 34.0 Å². The molecule has 1 aliphatic carbocycles. The van der Waals surface area contributed by atoms with Crippen molar-refractivity contribution in [2.24, 2.45) is 7.05 Å². The summed E-state index contributed by atoms with van der Waals surface area (Å²) in [6, 6.07) is 1.41. The van der Waals surface area contributed by atoms with E-state index in [0.717, 1.165) is 61.8 Å². The Balaban J connectivity index is 1.62. The first-order valence-corrected chi connectivity index (χ1v) is 13.3. The van der Waals surface area contributed by atoms with Crippen molar-refractivity contribution < 1.29 is 22.7 Å². The number of nitrogens with one attached hydrogen (secondary N) is 1. The third kappa shape index (κ3) is 4.35. The van der Waals surface area contributed by atoms with Gasteiger partial charge in [0.05, 0.1) is 12.7 Å².